The molecule has 0 amide bonds. The van der Waals surface area contributed by atoms with Crippen molar-refractivity contribution in [3.05, 3.63) is 35.1 Å². The number of benzene rings is 1. The maximum Gasteiger partial charge on any atom is 0.251 e. The second-order valence-corrected chi connectivity index (χ2v) is 4.16. The highest BCUT2D eigenvalue weighted by molar-refractivity contribution is 5.41. The fraction of sp³-hybridized carbons (Fsp3) is 0.429. The molecule has 0 atom stereocenters. The molecule has 104 valence electrons. The minimum absolute atomic E-state index is 0.0665. The Morgan fingerprint density at radius 1 is 1.37 bits per heavy atom. The van der Waals surface area contributed by atoms with Crippen molar-refractivity contribution in [2.45, 2.75) is 19.4 Å². The van der Waals surface area contributed by atoms with Gasteiger partial charge in [0.25, 0.3) is 6.43 Å². The van der Waals surface area contributed by atoms with E-state index in [1.807, 2.05) is 0 Å². The zero-order valence-electron chi connectivity index (χ0n) is 10.7. The second-order valence-electron chi connectivity index (χ2n) is 4.16. The summed E-state index contributed by atoms with van der Waals surface area (Å²) in [4.78, 5) is 1.45. The van der Waals surface area contributed by atoms with Gasteiger partial charge in [0.05, 0.1) is 13.2 Å². The normalized spacial score (nSPS) is 10.7. The average Bonchev–Trinajstić information content (AvgIpc) is 2.32. The topological polar surface area (TPSA) is 23.5 Å². The Balaban J connectivity index is 2.85. The summed E-state index contributed by atoms with van der Waals surface area (Å²) in [6, 6.07) is 4.10. The van der Waals surface area contributed by atoms with Crippen molar-refractivity contribution in [1.82, 2.24) is 4.90 Å². The van der Waals surface area contributed by atoms with Gasteiger partial charge in [-0.2, -0.15) is 0 Å². The van der Waals surface area contributed by atoms with E-state index in [1.54, 1.807) is 13.1 Å². The fourth-order valence-electron chi connectivity index (χ4n) is 1.61. The smallest absolute Gasteiger partial charge is 0.251 e. The molecule has 1 aromatic carbocycles. The van der Waals surface area contributed by atoms with Gasteiger partial charge in [-0.05, 0) is 24.7 Å². The van der Waals surface area contributed by atoms with E-state index in [0.29, 0.717) is 17.5 Å². The third-order valence-corrected chi connectivity index (χ3v) is 2.42. The summed E-state index contributed by atoms with van der Waals surface area (Å²) in [6.45, 7) is -0.141. The molecular weight excluding hydrogens is 255 g/mol. The molecule has 1 aromatic rings. The van der Waals surface area contributed by atoms with Gasteiger partial charge in [-0.1, -0.05) is 17.9 Å². The van der Waals surface area contributed by atoms with Crippen molar-refractivity contribution in [3.63, 3.8) is 0 Å². The van der Waals surface area contributed by atoms with Gasteiger partial charge in [-0.15, -0.1) is 0 Å². The van der Waals surface area contributed by atoms with Crippen LogP contribution in [0.25, 0.3) is 0 Å². The first kappa shape index (κ1) is 15.5. The SMILES string of the molecule is CN(Cc1ccc(F)cc1C#CCCO)CC(F)F. The number of hydrogen-bond donors (Lipinski definition) is 1. The number of alkyl halides is 2. The zero-order chi connectivity index (χ0) is 14.3. The summed E-state index contributed by atoms with van der Waals surface area (Å²) in [5.41, 5.74) is 1.16. The van der Waals surface area contributed by atoms with Crippen LogP contribution in [0.15, 0.2) is 18.2 Å². The number of rotatable bonds is 5. The van der Waals surface area contributed by atoms with Crippen LogP contribution >= 0.6 is 0 Å². The molecule has 2 nitrogen and oxygen atoms in total. The maximum absolute atomic E-state index is 13.2. The summed E-state index contributed by atoms with van der Waals surface area (Å²) >= 11 is 0. The predicted octanol–water partition coefficient (Wildman–Crippen LogP) is 2.26. The number of aliphatic hydroxyl groups excluding tert-OH is 1. The van der Waals surface area contributed by atoms with Gasteiger partial charge in [0.15, 0.2) is 0 Å². The summed E-state index contributed by atoms with van der Waals surface area (Å²) in [5.74, 6) is 5.03. The summed E-state index contributed by atoms with van der Waals surface area (Å²) < 4.78 is 37.6. The molecule has 0 aromatic heterocycles. The first-order chi connectivity index (χ1) is 9.02. The molecule has 1 rings (SSSR count). The lowest BCUT2D eigenvalue weighted by atomic mass is 10.1. The minimum Gasteiger partial charge on any atom is -0.395 e. The molecule has 0 aliphatic rings. The van der Waals surface area contributed by atoms with Crippen LogP contribution in [-0.2, 0) is 6.54 Å². The van der Waals surface area contributed by atoms with Crippen molar-refractivity contribution in [3.8, 4) is 11.8 Å². The van der Waals surface area contributed by atoms with E-state index in [4.69, 9.17) is 5.11 Å². The highest BCUT2D eigenvalue weighted by atomic mass is 19.3. The van der Waals surface area contributed by atoms with Crippen LogP contribution in [0.2, 0.25) is 0 Å². The Hall–Kier alpha value is -1.51. The molecule has 0 aliphatic carbocycles. The zero-order valence-corrected chi connectivity index (χ0v) is 10.7. The molecule has 0 fully saturated rings. The number of hydrogen-bond acceptors (Lipinski definition) is 2. The van der Waals surface area contributed by atoms with Gasteiger partial charge in [0.2, 0.25) is 0 Å². The summed E-state index contributed by atoms with van der Waals surface area (Å²) in [7, 11) is 1.57. The van der Waals surface area contributed by atoms with Gasteiger partial charge in [0, 0.05) is 18.5 Å². The van der Waals surface area contributed by atoms with Crippen molar-refractivity contribution >= 4 is 0 Å². The average molecular weight is 271 g/mol. The van der Waals surface area contributed by atoms with Gasteiger partial charge in [-0.25, -0.2) is 13.2 Å². The van der Waals surface area contributed by atoms with Crippen LogP contribution in [-0.4, -0.2) is 36.6 Å². The van der Waals surface area contributed by atoms with Gasteiger partial charge in [-0.3, -0.25) is 4.90 Å². The molecule has 1 N–H and O–H groups in total. The van der Waals surface area contributed by atoms with Crippen molar-refractivity contribution in [2.75, 3.05) is 20.2 Å². The first-order valence-electron chi connectivity index (χ1n) is 5.87. The molecule has 5 heteroatoms. The Morgan fingerprint density at radius 2 is 2.11 bits per heavy atom. The lowest BCUT2D eigenvalue weighted by Crippen LogP contribution is -2.24. The second kappa shape index (κ2) is 7.82. The first-order valence-corrected chi connectivity index (χ1v) is 5.87. The van der Waals surface area contributed by atoms with E-state index >= 15 is 0 Å². The Bertz CT molecular complexity index is 465. The van der Waals surface area contributed by atoms with E-state index in [0.717, 1.165) is 0 Å². The van der Waals surface area contributed by atoms with Crippen LogP contribution in [0.1, 0.15) is 17.5 Å². The molecule has 0 saturated heterocycles. The van der Waals surface area contributed by atoms with Crippen molar-refractivity contribution in [2.24, 2.45) is 0 Å². The minimum atomic E-state index is -2.41. The van der Waals surface area contributed by atoms with Gasteiger partial charge >= 0.3 is 0 Å². The highest BCUT2D eigenvalue weighted by Crippen LogP contribution is 2.13. The molecule has 0 aliphatic heterocycles. The van der Waals surface area contributed by atoms with E-state index in [9.17, 15) is 13.2 Å². The van der Waals surface area contributed by atoms with Crippen LogP contribution in [0, 0.1) is 17.7 Å². The third-order valence-electron chi connectivity index (χ3n) is 2.42. The lowest BCUT2D eigenvalue weighted by molar-refractivity contribution is 0.0975. The Labute approximate surface area is 110 Å². The monoisotopic (exact) mass is 271 g/mol. The molecule has 0 saturated carbocycles. The molecule has 0 unspecified atom stereocenters. The summed E-state index contributed by atoms with van der Waals surface area (Å²) in [5, 5.41) is 8.64. The molecular formula is C14H16F3NO. The Kier molecular flexibility index (Phi) is 6.40. The fourth-order valence-corrected chi connectivity index (χ4v) is 1.61. The third kappa shape index (κ3) is 5.77. The number of aliphatic hydroxyl groups is 1. The number of nitrogens with zero attached hydrogens (tertiary/aromatic N) is 1. The van der Waals surface area contributed by atoms with Crippen LogP contribution < -0.4 is 0 Å². The van der Waals surface area contributed by atoms with Crippen LogP contribution in [0.4, 0.5) is 13.2 Å². The molecule has 0 radical (unpaired) electrons. The van der Waals surface area contributed by atoms with E-state index in [1.165, 1.54) is 17.0 Å². The van der Waals surface area contributed by atoms with Crippen molar-refractivity contribution in [1.29, 1.82) is 0 Å². The Morgan fingerprint density at radius 3 is 2.74 bits per heavy atom. The lowest BCUT2D eigenvalue weighted by Gasteiger charge is -2.17. The highest BCUT2D eigenvalue weighted by Gasteiger charge is 2.10. The predicted molar refractivity (Wildman–Crippen MR) is 67.3 cm³/mol. The van der Waals surface area contributed by atoms with E-state index in [2.05, 4.69) is 11.8 Å². The molecule has 0 spiro atoms. The van der Waals surface area contributed by atoms with E-state index < -0.39 is 12.2 Å². The maximum atomic E-state index is 13.2. The van der Waals surface area contributed by atoms with Crippen LogP contribution in [0.3, 0.4) is 0 Å². The molecule has 0 bridgehead atoms. The number of halogens is 3. The molecule has 0 heterocycles. The summed E-state index contributed by atoms with van der Waals surface area (Å²) in [6.07, 6.45) is -2.11. The van der Waals surface area contributed by atoms with E-state index in [-0.39, 0.29) is 19.7 Å². The molecule has 19 heavy (non-hydrogen) atoms. The van der Waals surface area contributed by atoms with Crippen LogP contribution in [0.5, 0.6) is 0 Å². The van der Waals surface area contributed by atoms with Gasteiger partial charge in [0.1, 0.15) is 5.82 Å². The van der Waals surface area contributed by atoms with Crippen molar-refractivity contribution < 1.29 is 18.3 Å². The van der Waals surface area contributed by atoms with Gasteiger partial charge < -0.3 is 5.11 Å². The quantitative estimate of drug-likeness (QED) is 0.830. The standard InChI is InChI=1S/C14H16F3NO/c1-18(10-14(16)17)9-12-5-6-13(15)8-11(12)4-2-3-7-19/h5-6,8,14,19H,3,7,9-10H2,1H3. The largest absolute Gasteiger partial charge is 0.395 e.